The summed E-state index contributed by atoms with van der Waals surface area (Å²) < 4.78 is 14.1. The first-order valence-corrected chi connectivity index (χ1v) is 10.5. The van der Waals surface area contributed by atoms with Crippen LogP contribution >= 0.6 is 24.0 Å². The first-order chi connectivity index (χ1) is 14.6. The molecule has 2 aromatic carbocycles. The number of carbonyl (C=O) groups excluding carboxylic acids is 1. The van der Waals surface area contributed by atoms with Crippen molar-refractivity contribution in [2.24, 2.45) is 4.99 Å². The maximum absolute atomic E-state index is 14.1. The van der Waals surface area contributed by atoms with Crippen LogP contribution in [0, 0.1) is 5.82 Å². The number of nitrogens with one attached hydrogen (secondary N) is 2. The molecule has 1 aliphatic rings. The summed E-state index contributed by atoms with van der Waals surface area (Å²) in [6, 6.07) is 14.8. The summed E-state index contributed by atoms with van der Waals surface area (Å²) in [7, 11) is 0. The predicted molar refractivity (Wildman–Crippen MR) is 136 cm³/mol. The van der Waals surface area contributed by atoms with Crippen LogP contribution in [0.1, 0.15) is 19.4 Å². The number of halogens is 2. The molecule has 0 spiro atoms. The van der Waals surface area contributed by atoms with Gasteiger partial charge in [-0.05, 0) is 43.2 Å². The van der Waals surface area contributed by atoms with E-state index in [0.29, 0.717) is 12.2 Å². The van der Waals surface area contributed by atoms with E-state index in [0.717, 1.165) is 50.8 Å². The van der Waals surface area contributed by atoms with Gasteiger partial charge in [0.05, 0.1) is 5.69 Å². The summed E-state index contributed by atoms with van der Waals surface area (Å²) in [5.74, 6) is 0.661. The lowest BCUT2D eigenvalue weighted by Crippen LogP contribution is -2.52. The Kier molecular flexibility index (Phi) is 10.0. The number of guanidine groups is 1. The summed E-state index contributed by atoms with van der Waals surface area (Å²) in [4.78, 5) is 20.2. The van der Waals surface area contributed by atoms with Gasteiger partial charge in [0.1, 0.15) is 5.82 Å². The number of rotatable bonds is 6. The average molecular weight is 539 g/mol. The Labute approximate surface area is 200 Å². The molecule has 1 saturated heterocycles. The van der Waals surface area contributed by atoms with Gasteiger partial charge in [-0.25, -0.2) is 4.39 Å². The van der Waals surface area contributed by atoms with Crippen molar-refractivity contribution in [1.29, 1.82) is 0 Å². The van der Waals surface area contributed by atoms with E-state index in [2.05, 4.69) is 27.4 Å². The van der Waals surface area contributed by atoms with Crippen LogP contribution in [0.5, 0.6) is 0 Å². The standard InChI is InChI=1S/C23H30FN5O.HI/c1-3-25-23(26-13-12-19-8-10-20(11-9-19)27-18(2)30)29-16-14-28(15-17-29)22-7-5-4-6-21(22)24;/h4-11H,3,12-17H2,1-2H3,(H,25,26)(H,27,30);1H. The van der Waals surface area contributed by atoms with Crippen molar-refractivity contribution in [3.63, 3.8) is 0 Å². The molecule has 0 radical (unpaired) electrons. The summed E-state index contributed by atoms with van der Waals surface area (Å²) in [5.41, 5.74) is 2.64. The number of anilines is 2. The van der Waals surface area contributed by atoms with Crippen molar-refractivity contribution < 1.29 is 9.18 Å². The Bertz CT molecular complexity index is 867. The number of amides is 1. The minimum atomic E-state index is -0.170. The van der Waals surface area contributed by atoms with Gasteiger partial charge < -0.3 is 20.4 Å². The Morgan fingerprint density at radius 1 is 1.06 bits per heavy atom. The maximum Gasteiger partial charge on any atom is 0.221 e. The number of para-hydroxylation sites is 1. The minimum absolute atomic E-state index is 0. The van der Waals surface area contributed by atoms with Crippen LogP contribution in [0.25, 0.3) is 0 Å². The van der Waals surface area contributed by atoms with Crippen LogP contribution in [-0.2, 0) is 11.2 Å². The van der Waals surface area contributed by atoms with Gasteiger partial charge in [0, 0.05) is 51.9 Å². The van der Waals surface area contributed by atoms with Crippen molar-refractivity contribution in [2.75, 3.05) is 49.5 Å². The summed E-state index contributed by atoms with van der Waals surface area (Å²) in [6.45, 7) is 8.16. The zero-order valence-electron chi connectivity index (χ0n) is 18.1. The third-order valence-electron chi connectivity index (χ3n) is 5.04. The highest BCUT2D eigenvalue weighted by Gasteiger charge is 2.21. The van der Waals surface area contributed by atoms with Crippen molar-refractivity contribution in [3.8, 4) is 0 Å². The average Bonchev–Trinajstić information content (AvgIpc) is 2.74. The van der Waals surface area contributed by atoms with Gasteiger partial charge in [0.15, 0.2) is 5.96 Å². The fourth-order valence-electron chi connectivity index (χ4n) is 3.54. The molecule has 168 valence electrons. The maximum atomic E-state index is 14.1. The van der Waals surface area contributed by atoms with Crippen molar-refractivity contribution >= 4 is 47.2 Å². The molecule has 0 saturated carbocycles. The van der Waals surface area contributed by atoms with Crippen LogP contribution in [0.4, 0.5) is 15.8 Å². The first kappa shape index (κ1) is 24.9. The van der Waals surface area contributed by atoms with E-state index in [1.807, 2.05) is 36.4 Å². The van der Waals surface area contributed by atoms with E-state index in [9.17, 15) is 9.18 Å². The summed E-state index contributed by atoms with van der Waals surface area (Å²) >= 11 is 0. The molecule has 0 aliphatic carbocycles. The lowest BCUT2D eigenvalue weighted by molar-refractivity contribution is -0.114. The Morgan fingerprint density at radius 2 is 1.74 bits per heavy atom. The van der Waals surface area contributed by atoms with Gasteiger partial charge in [-0.3, -0.25) is 9.79 Å². The number of hydrogen-bond donors (Lipinski definition) is 2. The molecule has 0 unspecified atom stereocenters. The first-order valence-electron chi connectivity index (χ1n) is 10.5. The largest absolute Gasteiger partial charge is 0.366 e. The van der Waals surface area contributed by atoms with Gasteiger partial charge in [-0.15, -0.1) is 24.0 Å². The monoisotopic (exact) mass is 539 g/mol. The smallest absolute Gasteiger partial charge is 0.221 e. The Hall–Kier alpha value is -2.36. The van der Waals surface area contributed by atoms with Crippen LogP contribution in [-0.4, -0.2) is 56.0 Å². The molecule has 2 aromatic rings. The van der Waals surface area contributed by atoms with E-state index in [-0.39, 0.29) is 35.7 Å². The van der Waals surface area contributed by atoms with Crippen LogP contribution < -0.4 is 15.5 Å². The molecule has 1 heterocycles. The molecule has 0 aromatic heterocycles. The number of carbonyl (C=O) groups is 1. The lowest BCUT2D eigenvalue weighted by Gasteiger charge is -2.37. The van der Waals surface area contributed by atoms with Crippen molar-refractivity contribution in [3.05, 3.63) is 59.9 Å². The molecule has 0 bridgehead atoms. The molecule has 0 atom stereocenters. The van der Waals surface area contributed by atoms with Crippen LogP contribution in [0.15, 0.2) is 53.5 Å². The third-order valence-corrected chi connectivity index (χ3v) is 5.04. The molecular weight excluding hydrogens is 508 g/mol. The highest BCUT2D eigenvalue weighted by Crippen LogP contribution is 2.20. The lowest BCUT2D eigenvalue weighted by atomic mass is 10.1. The molecule has 31 heavy (non-hydrogen) atoms. The summed E-state index contributed by atoms with van der Waals surface area (Å²) in [5, 5.41) is 6.15. The molecule has 1 amide bonds. The summed E-state index contributed by atoms with van der Waals surface area (Å²) in [6.07, 6.45) is 0.824. The number of hydrogen-bond acceptors (Lipinski definition) is 3. The highest BCUT2D eigenvalue weighted by molar-refractivity contribution is 14.0. The van der Waals surface area contributed by atoms with E-state index in [1.54, 1.807) is 6.07 Å². The van der Waals surface area contributed by atoms with Gasteiger partial charge in [0.25, 0.3) is 0 Å². The van der Waals surface area contributed by atoms with Crippen molar-refractivity contribution in [1.82, 2.24) is 10.2 Å². The minimum Gasteiger partial charge on any atom is -0.366 e. The molecule has 1 aliphatic heterocycles. The SMILES string of the molecule is CCNC(=NCCc1ccc(NC(C)=O)cc1)N1CCN(c2ccccc2F)CC1.I. The molecule has 2 N–H and O–H groups in total. The fourth-order valence-corrected chi connectivity index (χ4v) is 3.54. The number of aliphatic imine (C=N–C) groups is 1. The molecule has 1 fully saturated rings. The van der Waals surface area contributed by atoms with Crippen LogP contribution in [0.3, 0.4) is 0 Å². The highest BCUT2D eigenvalue weighted by atomic mass is 127. The molecule has 3 rings (SSSR count). The van der Waals surface area contributed by atoms with Crippen LogP contribution in [0.2, 0.25) is 0 Å². The zero-order valence-corrected chi connectivity index (χ0v) is 20.4. The van der Waals surface area contributed by atoms with Gasteiger partial charge in [-0.1, -0.05) is 24.3 Å². The van der Waals surface area contributed by atoms with E-state index in [1.165, 1.54) is 18.6 Å². The second-order valence-electron chi connectivity index (χ2n) is 7.29. The van der Waals surface area contributed by atoms with Gasteiger partial charge in [-0.2, -0.15) is 0 Å². The number of nitrogens with zero attached hydrogens (tertiary/aromatic N) is 3. The molecular formula is C23H31FIN5O. The molecule has 8 heteroatoms. The number of piperazine rings is 1. The van der Waals surface area contributed by atoms with E-state index in [4.69, 9.17) is 4.99 Å². The number of benzene rings is 2. The Balaban J connectivity index is 0.00000341. The normalized spacial score (nSPS) is 14.1. The topological polar surface area (TPSA) is 60.0 Å². The zero-order chi connectivity index (χ0) is 21.3. The quantitative estimate of drug-likeness (QED) is 0.334. The van der Waals surface area contributed by atoms with Gasteiger partial charge in [0.2, 0.25) is 5.91 Å². The van der Waals surface area contributed by atoms with E-state index >= 15 is 0 Å². The molecule has 6 nitrogen and oxygen atoms in total. The van der Waals surface area contributed by atoms with Crippen molar-refractivity contribution in [2.45, 2.75) is 20.3 Å². The second-order valence-corrected chi connectivity index (χ2v) is 7.29. The van der Waals surface area contributed by atoms with Gasteiger partial charge >= 0.3 is 0 Å². The third kappa shape index (κ3) is 7.37. The second kappa shape index (κ2) is 12.5. The predicted octanol–water partition coefficient (Wildman–Crippen LogP) is 3.73. The fraction of sp³-hybridized carbons (Fsp3) is 0.391. The Morgan fingerprint density at radius 3 is 2.35 bits per heavy atom. The van der Waals surface area contributed by atoms with E-state index < -0.39 is 0 Å².